The van der Waals surface area contributed by atoms with Crippen LogP contribution in [0, 0.1) is 0 Å². The van der Waals surface area contributed by atoms with Crippen LogP contribution in [0.15, 0.2) is 87.5 Å². The molecule has 228 valence electrons. The molecular weight excluding hydrogens is 651 g/mol. The molecule has 4 aromatic rings. The first-order chi connectivity index (χ1) is 19.7. The van der Waals surface area contributed by atoms with Crippen molar-refractivity contribution in [1.29, 1.82) is 0 Å². The summed E-state index contributed by atoms with van der Waals surface area (Å²) in [5.41, 5.74) is 5.80. The number of carbonyl (C=O) groups is 1. The van der Waals surface area contributed by atoms with Crippen molar-refractivity contribution >= 4 is 74.1 Å². The van der Waals surface area contributed by atoms with Gasteiger partial charge in [0.05, 0.1) is 21.2 Å². The SMILES string of the molecule is Nc1cccc(C(=O)Nc2cccc(CS(=O)(=O)Nc3cc(S(=O)(=O)O)cc4cc(S(=O)(=O)O)cc(S(=O)(=O)O)c34)c2)c1. The van der Waals surface area contributed by atoms with Crippen molar-refractivity contribution in [2.45, 2.75) is 20.4 Å². The second-order valence-corrected chi connectivity index (χ2v) is 15.0. The minimum Gasteiger partial charge on any atom is -0.399 e. The number of nitrogens with one attached hydrogen (secondary N) is 2. The summed E-state index contributed by atoms with van der Waals surface area (Å²) >= 11 is 0. The Morgan fingerprint density at radius 3 is 1.91 bits per heavy atom. The maximum absolute atomic E-state index is 13.2. The summed E-state index contributed by atoms with van der Waals surface area (Å²) in [6.07, 6.45) is 0. The fraction of sp³-hybridized carbons (Fsp3) is 0.0417. The number of carbonyl (C=O) groups excluding carboxylic acids is 1. The van der Waals surface area contributed by atoms with Crippen molar-refractivity contribution in [1.82, 2.24) is 0 Å². The number of rotatable bonds is 9. The minimum atomic E-state index is -5.31. The van der Waals surface area contributed by atoms with Crippen molar-refractivity contribution in [3.05, 3.63) is 83.9 Å². The number of hydrogen-bond donors (Lipinski definition) is 6. The molecule has 0 saturated carbocycles. The quantitative estimate of drug-likeness (QED) is 0.110. The summed E-state index contributed by atoms with van der Waals surface area (Å²) in [5.74, 6) is -1.35. The summed E-state index contributed by atoms with van der Waals surface area (Å²) in [5, 5.41) is 1.32. The topological polar surface area (TPSA) is 264 Å². The van der Waals surface area contributed by atoms with Crippen molar-refractivity contribution in [2.75, 3.05) is 15.8 Å². The van der Waals surface area contributed by atoms with Crippen LogP contribution >= 0.6 is 0 Å². The van der Waals surface area contributed by atoms with E-state index in [1.807, 2.05) is 4.72 Å². The Bertz CT molecular complexity index is 2230. The summed E-state index contributed by atoms with van der Waals surface area (Å²) in [4.78, 5) is 9.31. The van der Waals surface area contributed by atoms with Gasteiger partial charge in [0.25, 0.3) is 36.3 Å². The number of sulfonamides is 1. The number of nitrogens with two attached hydrogens (primary N) is 1. The highest BCUT2D eigenvalue weighted by Crippen LogP contribution is 2.36. The molecule has 4 aromatic carbocycles. The van der Waals surface area contributed by atoms with E-state index in [-0.39, 0.29) is 16.8 Å². The van der Waals surface area contributed by atoms with Gasteiger partial charge in [-0.2, -0.15) is 25.3 Å². The van der Waals surface area contributed by atoms with Crippen LogP contribution in [0.2, 0.25) is 0 Å². The van der Waals surface area contributed by atoms with Gasteiger partial charge in [-0.3, -0.25) is 23.2 Å². The lowest BCUT2D eigenvalue weighted by Gasteiger charge is -2.16. The average molecular weight is 672 g/mol. The molecule has 4 rings (SSSR count). The van der Waals surface area contributed by atoms with Crippen LogP contribution < -0.4 is 15.8 Å². The molecule has 19 heteroatoms. The van der Waals surface area contributed by atoms with E-state index in [4.69, 9.17) is 5.73 Å². The first kappa shape index (κ1) is 31.8. The van der Waals surface area contributed by atoms with Crippen LogP contribution in [0.4, 0.5) is 17.1 Å². The Labute approximate surface area is 245 Å². The van der Waals surface area contributed by atoms with Crippen LogP contribution in [0.3, 0.4) is 0 Å². The van der Waals surface area contributed by atoms with E-state index in [0.717, 1.165) is 0 Å². The number of benzene rings is 4. The molecule has 0 aliphatic rings. The van der Waals surface area contributed by atoms with Gasteiger partial charge < -0.3 is 11.1 Å². The van der Waals surface area contributed by atoms with Crippen molar-refractivity contribution < 1.29 is 52.1 Å². The van der Waals surface area contributed by atoms with Gasteiger partial charge in [-0.1, -0.05) is 18.2 Å². The van der Waals surface area contributed by atoms with E-state index in [1.54, 1.807) is 12.1 Å². The zero-order valence-electron chi connectivity index (χ0n) is 21.4. The van der Waals surface area contributed by atoms with Gasteiger partial charge in [0, 0.05) is 22.3 Å². The van der Waals surface area contributed by atoms with Gasteiger partial charge in [-0.05, 0) is 65.5 Å². The zero-order valence-corrected chi connectivity index (χ0v) is 24.6. The Morgan fingerprint density at radius 2 is 1.33 bits per heavy atom. The molecule has 0 unspecified atom stereocenters. The van der Waals surface area contributed by atoms with Gasteiger partial charge in [-0.25, -0.2) is 8.42 Å². The number of nitrogen functional groups attached to an aromatic ring is 1. The van der Waals surface area contributed by atoms with Gasteiger partial charge >= 0.3 is 0 Å². The molecule has 0 heterocycles. The molecule has 0 radical (unpaired) electrons. The van der Waals surface area contributed by atoms with Crippen LogP contribution in [0.25, 0.3) is 10.8 Å². The number of amides is 1. The van der Waals surface area contributed by atoms with Gasteiger partial charge in [0.15, 0.2) is 0 Å². The molecule has 43 heavy (non-hydrogen) atoms. The fourth-order valence-corrected chi connectivity index (χ4v) is 7.16. The van der Waals surface area contributed by atoms with Crippen molar-refractivity contribution in [3.63, 3.8) is 0 Å². The highest BCUT2D eigenvalue weighted by atomic mass is 32.2. The average Bonchev–Trinajstić information content (AvgIpc) is 2.86. The summed E-state index contributed by atoms with van der Waals surface area (Å²) < 4.78 is 129. The van der Waals surface area contributed by atoms with Crippen molar-refractivity contribution in [2.24, 2.45) is 0 Å². The van der Waals surface area contributed by atoms with Gasteiger partial charge in [0.1, 0.15) is 4.90 Å². The first-order valence-electron chi connectivity index (χ1n) is 11.5. The number of hydrogen-bond acceptors (Lipinski definition) is 10. The Kier molecular flexibility index (Phi) is 8.28. The third-order valence-corrected chi connectivity index (χ3v) is 9.57. The standard InChI is InChI=1S/C24H21N3O12S4/c25-17-5-2-4-15(8-17)24(28)26-18-6-1-3-14(7-18)13-40(29,30)27-21-11-19(41(31,32)33)9-16-10-20(42(34,35)36)12-22(23(16)21)43(37,38)39/h1-12,27H,13,25H2,(H,26,28)(H,31,32,33)(H,34,35,36)(H,37,38,39). The minimum absolute atomic E-state index is 0.108. The molecule has 0 spiro atoms. The summed E-state index contributed by atoms with van der Waals surface area (Å²) in [7, 11) is -20.0. The largest absolute Gasteiger partial charge is 0.399 e. The molecule has 0 bridgehead atoms. The second-order valence-electron chi connectivity index (χ2n) is 9.06. The van der Waals surface area contributed by atoms with E-state index in [2.05, 4.69) is 5.32 Å². The Morgan fingerprint density at radius 1 is 0.721 bits per heavy atom. The van der Waals surface area contributed by atoms with Gasteiger partial charge in [-0.15, -0.1) is 0 Å². The van der Waals surface area contributed by atoms with Crippen LogP contribution in [-0.4, -0.2) is 53.2 Å². The number of fused-ring (bicyclic) bond motifs is 1. The maximum atomic E-state index is 13.2. The predicted molar refractivity (Wildman–Crippen MR) is 155 cm³/mol. The fourth-order valence-electron chi connectivity index (χ4n) is 4.05. The molecule has 0 atom stereocenters. The third-order valence-electron chi connectivity index (χ3n) is 5.79. The summed E-state index contributed by atoms with van der Waals surface area (Å²) in [6.45, 7) is 0. The van der Waals surface area contributed by atoms with E-state index in [9.17, 15) is 52.1 Å². The maximum Gasteiger partial charge on any atom is 0.295 e. The first-order valence-corrected chi connectivity index (χ1v) is 17.5. The lowest BCUT2D eigenvalue weighted by molar-refractivity contribution is 0.102. The molecule has 0 aliphatic carbocycles. The monoisotopic (exact) mass is 671 g/mol. The second kappa shape index (κ2) is 11.2. The molecule has 0 aliphatic heterocycles. The molecule has 15 nitrogen and oxygen atoms in total. The van der Waals surface area contributed by atoms with E-state index < -0.39 is 83.2 Å². The zero-order chi connectivity index (χ0) is 32.0. The molecule has 0 fully saturated rings. The van der Waals surface area contributed by atoms with Crippen LogP contribution in [-0.2, 0) is 46.1 Å². The van der Waals surface area contributed by atoms with Crippen LogP contribution in [0.1, 0.15) is 15.9 Å². The molecule has 0 aromatic heterocycles. The Hall–Kier alpha value is -4.11. The van der Waals surface area contributed by atoms with Crippen molar-refractivity contribution in [3.8, 4) is 0 Å². The molecule has 1 amide bonds. The third kappa shape index (κ3) is 7.65. The predicted octanol–water partition coefficient (Wildman–Crippen LogP) is 2.36. The molecular formula is C24H21N3O12S4. The molecule has 0 saturated heterocycles. The normalized spacial score (nSPS) is 12.6. The highest BCUT2D eigenvalue weighted by molar-refractivity contribution is 7.92. The van der Waals surface area contributed by atoms with E-state index >= 15 is 0 Å². The Balaban J connectivity index is 1.77. The van der Waals surface area contributed by atoms with Gasteiger partial charge in [0.2, 0.25) is 10.0 Å². The van der Waals surface area contributed by atoms with E-state index in [0.29, 0.717) is 30.0 Å². The molecule has 7 N–H and O–H groups in total. The number of anilines is 3. The smallest absolute Gasteiger partial charge is 0.295 e. The summed E-state index contributed by atoms with van der Waals surface area (Å²) in [6, 6.07) is 13.8. The lowest BCUT2D eigenvalue weighted by Crippen LogP contribution is -2.17. The highest BCUT2D eigenvalue weighted by Gasteiger charge is 2.26. The van der Waals surface area contributed by atoms with Crippen LogP contribution in [0.5, 0.6) is 0 Å². The lowest BCUT2D eigenvalue weighted by atomic mass is 10.1. The van der Waals surface area contributed by atoms with E-state index in [1.165, 1.54) is 36.4 Å².